The van der Waals surface area contributed by atoms with Crippen LogP contribution in [-0.2, 0) is 0 Å². The van der Waals surface area contributed by atoms with Crippen LogP contribution in [0.5, 0.6) is 0 Å². The second-order valence-corrected chi connectivity index (χ2v) is 5.36. The van der Waals surface area contributed by atoms with Crippen molar-refractivity contribution < 1.29 is 4.79 Å². The Morgan fingerprint density at radius 3 is 2.42 bits per heavy atom. The van der Waals surface area contributed by atoms with Crippen LogP contribution in [0, 0.1) is 0 Å². The minimum absolute atomic E-state index is 0.171. The van der Waals surface area contributed by atoms with Crippen molar-refractivity contribution in [2.75, 3.05) is 5.32 Å². The molecule has 4 rings (SSSR count). The summed E-state index contributed by atoms with van der Waals surface area (Å²) < 4.78 is 0. The Hall–Kier alpha value is -3.47. The average molecular weight is 314 g/mol. The molecule has 1 amide bonds. The van der Waals surface area contributed by atoms with Gasteiger partial charge in [-0.2, -0.15) is 0 Å². The van der Waals surface area contributed by atoms with Gasteiger partial charge < -0.3 is 10.3 Å². The number of benzene rings is 2. The lowest BCUT2D eigenvalue weighted by Gasteiger charge is -2.04. The summed E-state index contributed by atoms with van der Waals surface area (Å²) in [7, 11) is 0. The summed E-state index contributed by atoms with van der Waals surface area (Å²) in [5.74, 6) is 0.584. The minimum atomic E-state index is -0.171. The number of aromatic amines is 1. The van der Waals surface area contributed by atoms with Crippen LogP contribution in [0.4, 0.5) is 5.69 Å². The smallest absolute Gasteiger partial charge is 0.255 e. The predicted molar refractivity (Wildman–Crippen MR) is 93.7 cm³/mol. The molecule has 5 heteroatoms. The quantitative estimate of drug-likeness (QED) is 0.603. The van der Waals surface area contributed by atoms with Crippen LogP contribution < -0.4 is 5.32 Å². The summed E-state index contributed by atoms with van der Waals surface area (Å²) in [6, 6.07) is 20.7. The first-order chi connectivity index (χ1) is 11.8. The molecule has 2 aromatic heterocycles. The van der Waals surface area contributed by atoms with Gasteiger partial charge >= 0.3 is 0 Å². The van der Waals surface area contributed by atoms with E-state index in [2.05, 4.69) is 20.3 Å². The molecule has 0 aliphatic rings. The fraction of sp³-hybridized carbons (Fsp3) is 0. The van der Waals surface area contributed by atoms with Gasteiger partial charge in [-0.25, -0.2) is 9.97 Å². The number of hydrogen-bond donors (Lipinski definition) is 2. The highest BCUT2D eigenvalue weighted by molar-refractivity contribution is 6.04. The van der Waals surface area contributed by atoms with Gasteiger partial charge in [0.25, 0.3) is 5.91 Å². The summed E-state index contributed by atoms with van der Waals surface area (Å²) in [4.78, 5) is 24.3. The molecule has 0 aliphatic heterocycles. The number of hydrogen-bond acceptors (Lipinski definition) is 3. The maximum absolute atomic E-state index is 12.2. The highest BCUT2D eigenvalue weighted by Crippen LogP contribution is 2.21. The van der Waals surface area contributed by atoms with Gasteiger partial charge in [-0.05, 0) is 18.2 Å². The van der Waals surface area contributed by atoms with Crippen LogP contribution >= 0.6 is 0 Å². The number of amides is 1. The molecule has 2 aromatic carbocycles. The third-order valence-electron chi connectivity index (χ3n) is 3.68. The van der Waals surface area contributed by atoms with E-state index in [4.69, 9.17) is 0 Å². The topological polar surface area (TPSA) is 70.7 Å². The van der Waals surface area contributed by atoms with Crippen molar-refractivity contribution >= 4 is 22.8 Å². The van der Waals surface area contributed by atoms with Crippen LogP contribution in [0.15, 0.2) is 72.9 Å². The van der Waals surface area contributed by atoms with E-state index in [0.717, 1.165) is 11.4 Å². The van der Waals surface area contributed by atoms with Gasteiger partial charge in [0, 0.05) is 11.1 Å². The molecule has 2 N–H and O–H groups in total. The number of nitrogens with zero attached hydrogens (tertiary/aromatic N) is 2. The molecule has 0 radical (unpaired) electrons. The molecule has 0 bridgehead atoms. The fourth-order valence-corrected chi connectivity index (χ4v) is 2.49. The molecule has 116 valence electrons. The normalized spacial score (nSPS) is 10.7. The number of aromatic nitrogens is 3. The molecule has 0 aliphatic carbocycles. The van der Waals surface area contributed by atoms with E-state index in [0.29, 0.717) is 22.4 Å². The maximum Gasteiger partial charge on any atom is 0.255 e. The average Bonchev–Trinajstić information content (AvgIpc) is 3.06. The maximum atomic E-state index is 12.2. The monoisotopic (exact) mass is 314 g/mol. The van der Waals surface area contributed by atoms with Crippen LogP contribution in [0.1, 0.15) is 10.4 Å². The van der Waals surface area contributed by atoms with Gasteiger partial charge in [0.05, 0.1) is 11.9 Å². The zero-order valence-corrected chi connectivity index (χ0v) is 12.7. The summed E-state index contributed by atoms with van der Waals surface area (Å²) in [5.41, 5.74) is 3.60. The molecule has 0 saturated carbocycles. The van der Waals surface area contributed by atoms with Gasteiger partial charge in [0.1, 0.15) is 11.3 Å². The Bertz CT molecular complexity index is 994. The van der Waals surface area contributed by atoms with E-state index in [1.54, 1.807) is 18.3 Å². The Morgan fingerprint density at radius 2 is 1.67 bits per heavy atom. The lowest BCUT2D eigenvalue weighted by Crippen LogP contribution is -2.11. The first-order valence-corrected chi connectivity index (χ1v) is 7.57. The number of imidazole rings is 1. The van der Waals surface area contributed by atoms with Gasteiger partial charge in [0.15, 0.2) is 5.65 Å². The lowest BCUT2D eigenvalue weighted by atomic mass is 10.2. The van der Waals surface area contributed by atoms with E-state index in [-0.39, 0.29) is 5.91 Å². The first-order valence-electron chi connectivity index (χ1n) is 7.57. The molecule has 4 aromatic rings. The highest BCUT2D eigenvalue weighted by atomic mass is 16.1. The Labute approximate surface area is 138 Å². The van der Waals surface area contributed by atoms with Gasteiger partial charge in [-0.15, -0.1) is 0 Å². The summed E-state index contributed by atoms with van der Waals surface area (Å²) in [5, 5.41) is 2.84. The number of carbonyl (C=O) groups is 1. The number of fused-ring (bicyclic) bond motifs is 1. The summed E-state index contributed by atoms with van der Waals surface area (Å²) in [6.07, 6.45) is 1.62. The van der Waals surface area contributed by atoms with Crippen LogP contribution in [-0.4, -0.2) is 20.9 Å². The zero-order chi connectivity index (χ0) is 16.4. The third kappa shape index (κ3) is 2.75. The Kier molecular flexibility index (Phi) is 3.51. The second-order valence-electron chi connectivity index (χ2n) is 5.36. The molecule has 2 heterocycles. The van der Waals surface area contributed by atoms with Gasteiger partial charge in [0.2, 0.25) is 0 Å². The number of rotatable bonds is 3. The van der Waals surface area contributed by atoms with E-state index in [9.17, 15) is 4.79 Å². The van der Waals surface area contributed by atoms with Crippen molar-refractivity contribution in [2.24, 2.45) is 0 Å². The van der Waals surface area contributed by atoms with E-state index in [1.807, 2.05) is 54.6 Å². The van der Waals surface area contributed by atoms with E-state index in [1.165, 1.54) is 0 Å². The number of H-pyrrole nitrogens is 1. The number of carbonyl (C=O) groups excluding carboxylic acids is 1. The molecule has 0 saturated heterocycles. The van der Waals surface area contributed by atoms with Crippen molar-refractivity contribution in [2.45, 2.75) is 0 Å². The number of nitrogens with one attached hydrogen (secondary N) is 2. The minimum Gasteiger partial charge on any atom is -0.323 e. The molecular weight excluding hydrogens is 300 g/mol. The molecule has 5 nitrogen and oxygen atoms in total. The molecule has 0 atom stereocenters. The molecule has 0 fully saturated rings. The first kappa shape index (κ1) is 14.1. The predicted octanol–water partition coefficient (Wildman–Crippen LogP) is 3.88. The van der Waals surface area contributed by atoms with Crippen molar-refractivity contribution in [3.8, 4) is 11.4 Å². The van der Waals surface area contributed by atoms with Crippen LogP contribution in [0.2, 0.25) is 0 Å². The van der Waals surface area contributed by atoms with Crippen molar-refractivity contribution in [3.63, 3.8) is 0 Å². The fourth-order valence-electron chi connectivity index (χ4n) is 2.49. The van der Waals surface area contributed by atoms with E-state index >= 15 is 0 Å². The second kappa shape index (κ2) is 5.96. The third-order valence-corrected chi connectivity index (χ3v) is 3.68. The Balaban J connectivity index is 1.63. The lowest BCUT2D eigenvalue weighted by molar-refractivity contribution is 0.102. The van der Waals surface area contributed by atoms with Crippen molar-refractivity contribution in [1.82, 2.24) is 15.0 Å². The van der Waals surface area contributed by atoms with Gasteiger partial charge in [-0.3, -0.25) is 4.79 Å². The summed E-state index contributed by atoms with van der Waals surface area (Å²) in [6.45, 7) is 0. The van der Waals surface area contributed by atoms with E-state index < -0.39 is 0 Å². The molecular formula is C19H14N4O. The molecule has 0 spiro atoms. The van der Waals surface area contributed by atoms with Crippen molar-refractivity contribution in [3.05, 3.63) is 78.5 Å². The Morgan fingerprint density at radius 1 is 0.958 bits per heavy atom. The van der Waals surface area contributed by atoms with Crippen LogP contribution in [0.3, 0.4) is 0 Å². The molecule has 24 heavy (non-hydrogen) atoms. The highest BCUT2D eigenvalue weighted by Gasteiger charge is 2.09. The zero-order valence-electron chi connectivity index (χ0n) is 12.7. The van der Waals surface area contributed by atoms with Gasteiger partial charge in [-0.1, -0.05) is 48.5 Å². The summed E-state index contributed by atoms with van der Waals surface area (Å²) >= 11 is 0. The van der Waals surface area contributed by atoms with Crippen LogP contribution in [0.25, 0.3) is 22.6 Å². The number of pyridine rings is 1. The largest absolute Gasteiger partial charge is 0.323 e. The standard InChI is InChI=1S/C19H14N4O/c24-19(14-9-5-2-6-10-14)21-15-11-16-18(20-12-15)23-17(22-16)13-7-3-1-4-8-13/h1-12H,(H,21,24)(H,20,22,23). The SMILES string of the molecule is O=C(Nc1cnc2[nH]c(-c3ccccc3)nc2c1)c1ccccc1. The van der Waals surface area contributed by atoms with Crippen molar-refractivity contribution in [1.29, 1.82) is 0 Å². The molecule has 0 unspecified atom stereocenters. The number of anilines is 1.